The second-order valence-electron chi connectivity index (χ2n) is 6.04. The van der Waals surface area contributed by atoms with Crippen LogP contribution in [0, 0.1) is 0 Å². The summed E-state index contributed by atoms with van der Waals surface area (Å²) in [4.78, 5) is 78.9. The van der Waals surface area contributed by atoms with Gasteiger partial charge in [-0.15, -0.1) is 0 Å². The minimum absolute atomic E-state index is 0.380. The third-order valence-corrected chi connectivity index (χ3v) is 3.47. The van der Waals surface area contributed by atoms with Crippen molar-refractivity contribution in [3.8, 4) is 0 Å². The first kappa shape index (κ1) is 26.2. The fourth-order valence-electron chi connectivity index (χ4n) is 2.04. The molecular formula is C15H23N5O10. The highest BCUT2D eigenvalue weighted by atomic mass is 16.4. The van der Waals surface area contributed by atoms with E-state index in [-0.39, 0.29) is 6.42 Å². The van der Waals surface area contributed by atoms with Crippen molar-refractivity contribution in [2.45, 2.75) is 43.8 Å². The molecule has 15 nitrogen and oxygen atoms in total. The average molecular weight is 433 g/mol. The molecule has 0 heterocycles. The van der Waals surface area contributed by atoms with Crippen molar-refractivity contribution in [1.82, 2.24) is 16.0 Å². The van der Waals surface area contributed by atoms with Crippen LogP contribution in [0.15, 0.2) is 0 Å². The second-order valence-corrected chi connectivity index (χ2v) is 6.04. The second kappa shape index (κ2) is 12.7. The van der Waals surface area contributed by atoms with Crippen LogP contribution in [0.3, 0.4) is 0 Å². The van der Waals surface area contributed by atoms with Gasteiger partial charge in [-0.05, 0) is 6.42 Å². The monoisotopic (exact) mass is 433 g/mol. The van der Waals surface area contributed by atoms with E-state index in [2.05, 4.69) is 10.6 Å². The Morgan fingerprint density at radius 3 is 1.87 bits per heavy atom. The first-order chi connectivity index (χ1) is 13.8. The molecule has 3 unspecified atom stereocenters. The van der Waals surface area contributed by atoms with Gasteiger partial charge in [0.25, 0.3) is 0 Å². The highest BCUT2D eigenvalue weighted by molar-refractivity contribution is 5.94. The van der Waals surface area contributed by atoms with Gasteiger partial charge in [-0.2, -0.15) is 0 Å². The van der Waals surface area contributed by atoms with Crippen LogP contribution in [0.5, 0.6) is 0 Å². The first-order valence-electron chi connectivity index (χ1n) is 8.41. The molecule has 4 amide bonds. The zero-order valence-electron chi connectivity index (χ0n) is 15.6. The van der Waals surface area contributed by atoms with Gasteiger partial charge in [0, 0.05) is 6.42 Å². The molecule has 0 aromatic heterocycles. The van der Waals surface area contributed by atoms with Crippen molar-refractivity contribution in [1.29, 1.82) is 0 Å². The Hall–Kier alpha value is -3.75. The Balaban J connectivity index is 4.94. The number of hydrogen-bond donors (Lipinski definition) is 8. The van der Waals surface area contributed by atoms with Crippen LogP contribution in [0.25, 0.3) is 0 Å². The van der Waals surface area contributed by atoms with Crippen LogP contribution < -0.4 is 27.4 Å². The number of nitrogens with two attached hydrogens (primary N) is 2. The Bertz CT molecular complexity index is 710. The van der Waals surface area contributed by atoms with E-state index in [0.717, 1.165) is 0 Å². The summed E-state index contributed by atoms with van der Waals surface area (Å²) in [7, 11) is 0. The lowest BCUT2D eigenvalue weighted by molar-refractivity contribution is -0.147. The molecule has 0 rings (SSSR count). The summed E-state index contributed by atoms with van der Waals surface area (Å²) in [6.07, 6.45) is -2.34. The standard InChI is InChI=1S/C15H23N5O10/c16-6(3-9(17)21)13(27)20-7(1-2-11(23)24)14(28)18-5-10(22)19-8(15(29)30)4-12(25)26/h6-8H,1-5,16H2,(H2,17,21)(H,18,28)(H,19,22)(H,20,27)(H,23,24)(H,25,26)(H,29,30). The number of carbonyl (C=O) groups is 7. The smallest absolute Gasteiger partial charge is 0.326 e. The van der Waals surface area contributed by atoms with Gasteiger partial charge in [-0.3, -0.25) is 28.8 Å². The fourth-order valence-corrected chi connectivity index (χ4v) is 2.04. The van der Waals surface area contributed by atoms with Crippen LogP contribution in [0.4, 0.5) is 0 Å². The average Bonchev–Trinajstić information content (AvgIpc) is 2.61. The lowest BCUT2D eigenvalue weighted by Gasteiger charge is -2.20. The molecule has 0 aliphatic rings. The first-order valence-corrected chi connectivity index (χ1v) is 8.41. The van der Waals surface area contributed by atoms with E-state index in [9.17, 15) is 33.6 Å². The van der Waals surface area contributed by atoms with Crippen LogP contribution in [0.2, 0.25) is 0 Å². The number of nitrogens with one attached hydrogen (secondary N) is 3. The van der Waals surface area contributed by atoms with Gasteiger partial charge < -0.3 is 42.7 Å². The molecule has 3 atom stereocenters. The van der Waals surface area contributed by atoms with E-state index in [0.29, 0.717) is 0 Å². The van der Waals surface area contributed by atoms with Crippen molar-refractivity contribution < 1.29 is 48.9 Å². The summed E-state index contributed by atoms with van der Waals surface area (Å²) in [5.41, 5.74) is 10.4. The zero-order valence-corrected chi connectivity index (χ0v) is 15.6. The molecule has 10 N–H and O–H groups in total. The molecule has 168 valence electrons. The molecule has 0 aromatic rings. The van der Waals surface area contributed by atoms with Gasteiger partial charge in [0.15, 0.2) is 0 Å². The maximum Gasteiger partial charge on any atom is 0.326 e. The van der Waals surface area contributed by atoms with E-state index in [1.165, 1.54) is 0 Å². The number of carboxylic acids is 3. The number of carboxylic acid groups (broad SMARTS) is 3. The quantitative estimate of drug-likeness (QED) is 0.130. The van der Waals surface area contributed by atoms with E-state index >= 15 is 0 Å². The Kier molecular flexibility index (Phi) is 11.1. The maximum atomic E-state index is 12.2. The van der Waals surface area contributed by atoms with Crippen LogP contribution in [-0.2, 0) is 33.6 Å². The number of carbonyl (C=O) groups excluding carboxylic acids is 4. The topological polar surface area (TPSA) is 268 Å². The summed E-state index contributed by atoms with van der Waals surface area (Å²) in [5.74, 6) is -8.23. The lowest BCUT2D eigenvalue weighted by Crippen LogP contribution is -2.54. The Labute approximate surface area is 169 Å². The van der Waals surface area contributed by atoms with Gasteiger partial charge in [0.1, 0.15) is 12.1 Å². The number of amides is 4. The predicted octanol–water partition coefficient (Wildman–Crippen LogP) is -4.30. The molecule has 0 bridgehead atoms. The molecule has 0 aromatic carbocycles. The largest absolute Gasteiger partial charge is 0.481 e. The Morgan fingerprint density at radius 2 is 1.40 bits per heavy atom. The minimum Gasteiger partial charge on any atom is -0.481 e. The summed E-state index contributed by atoms with van der Waals surface area (Å²) in [6.45, 7) is -0.783. The van der Waals surface area contributed by atoms with Gasteiger partial charge in [-0.25, -0.2) is 4.79 Å². The van der Waals surface area contributed by atoms with Crippen LogP contribution in [-0.4, -0.2) is 81.5 Å². The predicted molar refractivity (Wildman–Crippen MR) is 95.4 cm³/mol. The number of primary amides is 1. The zero-order chi connectivity index (χ0) is 23.4. The van der Waals surface area contributed by atoms with Gasteiger partial charge >= 0.3 is 17.9 Å². The normalized spacial score (nSPS) is 13.2. The minimum atomic E-state index is -1.73. The van der Waals surface area contributed by atoms with Crippen LogP contribution in [0.1, 0.15) is 25.7 Å². The molecule has 0 radical (unpaired) electrons. The summed E-state index contributed by atoms with van der Waals surface area (Å²) in [6, 6.07) is -4.56. The van der Waals surface area contributed by atoms with Crippen LogP contribution >= 0.6 is 0 Å². The van der Waals surface area contributed by atoms with Crippen molar-refractivity contribution in [2.24, 2.45) is 11.5 Å². The number of rotatable bonds is 14. The highest BCUT2D eigenvalue weighted by Gasteiger charge is 2.27. The molecule has 30 heavy (non-hydrogen) atoms. The van der Waals surface area contributed by atoms with Crippen molar-refractivity contribution in [3.63, 3.8) is 0 Å². The molecular weight excluding hydrogens is 410 g/mol. The van der Waals surface area contributed by atoms with E-state index in [4.69, 9.17) is 26.8 Å². The third kappa shape index (κ3) is 11.2. The van der Waals surface area contributed by atoms with E-state index in [1.807, 2.05) is 5.32 Å². The molecule has 0 aliphatic carbocycles. The Morgan fingerprint density at radius 1 is 0.800 bits per heavy atom. The molecule has 15 heteroatoms. The van der Waals surface area contributed by atoms with Gasteiger partial charge in [0.05, 0.1) is 25.4 Å². The van der Waals surface area contributed by atoms with Crippen molar-refractivity contribution in [2.75, 3.05) is 6.54 Å². The third-order valence-electron chi connectivity index (χ3n) is 3.47. The van der Waals surface area contributed by atoms with Crippen molar-refractivity contribution in [3.05, 3.63) is 0 Å². The molecule has 0 saturated carbocycles. The molecule has 0 spiro atoms. The lowest BCUT2D eigenvalue weighted by atomic mass is 10.1. The van der Waals surface area contributed by atoms with Gasteiger partial charge in [0.2, 0.25) is 23.6 Å². The van der Waals surface area contributed by atoms with Crippen molar-refractivity contribution >= 4 is 41.5 Å². The maximum absolute atomic E-state index is 12.2. The molecule has 0 aliphatic heterocycles. The molecule has 0 fully saturated rings. The highest BCUT2D eigenvalue weighted by Crippen LogP contribution is 2.00. The van der Waals surface area contributed by atoms with E-state index < -0.39 is 85.5 Å². The SMILES string of the molecule is NC(=O)CC(N)C(=O)NC(CCC(=O)O)C(=O)NCC(=O)NC(CC(=O)O)C(=O)O. The summed E-state index contributed by atoms with van der Waals surface area (Å²) in [5, 5.41) is 32.3. The number of aliphatic carboxylic acids is 3. The summed E-state index contributed by atoms with van der Waals surface area (Å²) < 4.78 is 0. The summed E-state index contributed by atoms with van der Waals surface area (Å²) >= 11 is 0. The number of hydrogen-bond acceptors (Lipinski definition) is 8. The fraction of sp³-hybridized carbons (Fsp3) is 0.533. The van der Waals surface area contributed by atoms with E-state index in [1.54, 1.807) is 0 Å². The molecule has 0 saturated heterocycles. The van der Waals surface area contributed by atoms with Gasteiger partial charge in [-0.1, -0.05) is 0 Å².